The fourth-order valence-corrected chi connectivity index (χ4v) is 0.792. The highest BCUT2D eigenvalue weighted by molar-refractivity contribution is 5.78. The summed E-state index contributed by atoms with van der Waals surface area (Å²) in [6.07, 6.45) is 1.70. The molecule has 0 saturated heterocycles. The summed E-state index contributed by atoms with van der Waals surface area (Å²) < 4.78 is 4.97. The van der Waals surface area contributed by atoms with Crippen molar-refractivity contribution in [1.29, 1.82) is 0 Å². The minimum atomic E-state index is -1.37. The highest BCUT2D eigenvalue weighted by atomic mass is 16.6. The predicted octanol–water partition coefficient (Wildman–Crippen LogP) is 1.49. The summed E-state index contributed by atoms with van der Waals surface area (Å²) in [7, 11) is 0. The van der Waals surface area contributed by atoms with Crippen LogP contribution in [-0.4, -0.2) is 22.8 Å². The van der Waals surface area contributed by atoms with E-state index in [1.54, 1.807) is 0 Å². The molecule has 0 saturated carbocycles. The molecule has 0 aromatic rings. The maximum absolute atomic E-state index is 11.1. The van der Waals surface area contributed by atoms with Crippen molar-refractivity contribution in [3.63, 3.8) is 0 Å². The van der Waals surface area contributed by atoms with E-state index >= 15 is 0 Å². The Hall–Kier alpha value is -0.570. The van der Waals surface area contributed by atoms with E-state index in [-0.39, 0.29) is 6.10 Å². The predicted molar refractivity (Wildman–Crippen MR) is 46.8 cm³/mol. The minimum Gasteiger partial charge on any atom is -0.461 e. The first-order chi connectivity index (χ1) is 5.38. The van der Waals surface area contributed by atoms with Crippen LogP contribution in [0, 0.1) is 0 Å². The number of hydrogen-bond acceptors (Lipinski definition) is 3. The number of hydrogen-bond donors (Lipinski definition) is 1. The number of carbonyl (C=O) groups is 1. The van der Waals surface area contributed by atoms with Crippen LogP contribution < -0.4 is 0 Å². The molecule has 0 bridgehead atoms. The lowest BCUT2D eigenvalue weighted by molar-refractivity contribution is -0.166. The van der Waals surface area contributed by atoms with Crippen LogP contribution in [0.3, 0.4) is 0 Å². The summed E-state index contributed by atoms with van der Waals surface area (Å²) in [5, 5.41) is 9.23. The molecule has 12 heavy (non-hydrogen) atoms. The molecule has 1 unspecified atom stereocenters. The van der Waals surface area contributed by atoms with Gasteiger partial charge in [-0.15, -0.1) is 0 Å². The number of rotatable bonds is 4. The summed E-state index contributed by atoms with van der Waals surface area (Å²) in [5.74, 6) is -0.552. The van der Waals surface area contributed by atoms with Crippen LogP contribution in [0.4, 0.5) is 0 Å². The van der Waals surface area contributed by atoms with Gasteiger partial charge in [-0.25, -0.2) is 4.79 Å². The molecule has 1 atom stereocenters. The van der Waals surface area contributed by atoms with Gasteiger partial charge >= 0.3 is 5.97 Å². The van der Waals surface area contributed by atoms with Crippen molar-refractivity contribution in [2.24, 2.45) is 0 Å². The third-order valence-electron chi connectivity index (χ3n) is 1.50. The van der Waals surface area contributed by atoms with Gasteiger partial charge in [-0.05, 0) is 27.2 Å². The van der Waals surface area contributed by atoms with Gasteiger partial charge in [0, 0.05) is 0 Å². The maximum atomic E-state index is 11.1. The van der Waals surface area contributed by atoms with Crippen LogP contribution in [0.25, 0.3) is 0 Å². The molecule has 0 heterocycles. The van der Waals surface area contributed by atoms with Gasteiger partial charge in [-0.3, -0.25) is 0 Å². The van der Waals surface area contributed by atoms with E-state index in [4.69, 9.17) is 4.74 Å². The second-order valence-corrected chi connectivity index (χ2v) is 3.56. The molecular weight excluding hydrogens is 156 g/mol. The van der Waals surface area contributed by atoms with Crippen molar-refractivity contribution in [2.75, 3.05) is 0 Å². The summed E-state index contributed by atoms with van der Waals surface area (Å²) in [4.78, 5) is 11.1. The van der Waals surface area contributed by atoms with E-state index in [2.05, 4.69) is 0 Å². The molecule has 0 aromatic carbocycles. The van der Waals surface area contributed by atoms with E-state index < -0.39 is 11.6 Å². The molecule has 72 valence electrons. The zero-order chi connectivity index (χ0) is 9.78. The van der Waals surface area contributed by atoms with Crippen molar-refractivity contribution in [1.82, 2.24) is 0 Å². The average Bonchev–Trinajstić information content (AvgIpc) is 1.85. The molecular formula is C9H18O3. The van der Waals surface area contributed by atoms with Crippen molar-refractivity contribution in [2.45, 2.75) is 52.2 Å². The molecule has 0 fully saturated rings. The van der Waals surface area contributed by atoms with Crippen molar-refractivity contribution in [3.05, 3.63) is 0 Å². The summed E-state index contributed by atoms with van der Waals surface area (Å²) in [6, 6.07) is 0. The average molecular weight is 174 g/mol. The molecule has 3 heteroatoms. The van der Waals surface area contributed by atoms with Gasteiger partial charge in [0.25, 0.3) is 0 Å². The summed E-state index contributed by atoms with van der Waals surface area (Å²) in [5.41, 5.74) is -1.37. The van der Waals surface area contributed by atoms with Crippen LogP contribution in [0.1, 0.15) is 40.5 Å². The van der Waals surface area contributed by atoms with Gasteiger partial charge in [-0.1, -0.05) is 13.3 Å². The Morgan fingerprint density at radius 3 is 2.42 bits per heavy atom. The van der Waals surface area contributed by atoms with Gasteiger partial charge in [0.1, 0.15) is 0 Å². The first-order valence-corrected chi connectivity index (χ1v) is 4.31. The Morgan fingerprint density at radius 2 is 2.08 bits per heavy atom. The number of ether oxygens (including phenoxy) is 1. The Bertz CT molecular complexity index is 146. The number of aliphatic hydroxyl groups is 1. The molecule has 3 nitrogen and oxygen atoms in total. The van der Waals surface area contributed by atoms with E-state index in [9.17, 15) is 9.90 Å². The lowest BCUT2D eigenvalue weighted by Crippen LogP contribution is -2.35. The topological polar surface area (TPSA) is 46.5 Å². The Morgan fingerprint density at radius 1 is 1.58 bits per heavy atom. The Labute approximate surface area is 73.7 Å². The standard InChI is InChI=1S/C9H18O3/c1-5-6-7(2)12-8(10)9(3,4)11/h7,11H,5-6H2,1-4H3. The van der Waals surface area contributed by atoms with Crippen molar-refractivity contribution < 1.29 is 14.6 Å². The van der Waals surface area contributed by atoms with Crippen molar-refractivity contribution >= 4 is 5.97 Å². The lowest BCUT2D eigenvalue weighted by atomic mass is 10.1. The Kier molecular flexibility index (Phi) is 4.24. The molecule has 0 aliphatic rings. The van der Waals surface area contributed by atoms with Gasteiger partial charge < -0.3 is 9.84 Å². The van der Waals surface area contributed by atoms with Crippen LogP contribution in [0.5, 0.6) is 0 Å². The summed E-state index contributed by atoms with van der Waals surface area (Å²) >= 11 is 0. The van der Waals surface area contributed by atoms with Gasteiger partial charge in [0.2, 0.25) is 0 Å². The molecule has 0 aromatic heterocycles. The Balaban J connectivity index is 3.85. The van der Waals surface area contributed by atoms with Crippen LogP contribution in [0.2, 0.25) is 0 Å². The fraction of sp³-hybridized carbons (Fsp3) is 0.889. The lowest BCUT2D eigenvalue weighted by Gasteiger charge is -2.19. The molecule has 0 amide bonds. The quantitative estimate of drug-likeness (QED) is 0.657. The highest BCUT2D eigenvalue weighted by Gasteiger charge is 2.26. The van der Waals surface area contributed by atoms with Crippen LogP contribution >= 0.6 is 0 Å². The molecule has 0 rings (SSSR count). The first kappa shape index (κ1) is 11.4. The smallest absolute Gasteiger partial charge is 0.337 e. The number of carbonyl (C=O) groups excluding carboxylic acids is 1. The van der Waals surface area contributed by atoms with E-state index in [0.29, 0.717) is 0 Å². The van der Waals surface area contributed by atoms with Crippen molar-refractivity contribution in [3.8, 4) is 0 Å². The van der Waals surface area contributed by atoms with Crippen LogP contribution in [-0.2, 0) is 9.53 Å². The second kappa shape index (κ2) is 4.45. The minimum absolute atomic E-state index is 0.103. The van der Waals surface area contributed by atoms with E-state index in [1.807, 2.05) is 13.8 Å². The maximum Gasteiger partial charge on any atom is 0.337 e. The molecule has 0 aliphatic carbocycles. The fourth-order valence-electron chi connectivity index (χ4n) is 0.792. The number of esters is 1. The van der Waals surface area contributed by atoms with Gasteiger partial charge in [-0.2, -0.15) is 0 Å². The third-order valence-corrected chi connectivity index (χ3v) is 1.50. The monoisotopic (exact) mass is 174 g/mol. The van der Waals surface area contributed by atoms with Gasteiger partial charge in [0.15, 0.2) is 5.60 Å². The van der Waals surface area contributed by atoms with E-state index in [1.165, 1.54) is 13.8 Å². The second-order valence-electron chi connectivity index (χ2n) is 3.56. The van der Waals surface area contributed by atoms with Gasteiger partial charge in [0.05, 0.1) is 6.10 Å². The largest absolute Gasteiger partial charge is 0.461 e. The molecule has 1 N–H and O–H groups in total. The molecule has 0 spiro atoms. The zero-order valence-corrected chi connectivity index (χ0v) is 8.26. The van der Waals surface area contributed by atoms with Crippen LogP contribution in [0.15, 0.2) is 0 Å². The third kappa shape index (κ3) is 4.34. The molecule has 0 aliphatic heterocycles. The normalized spacial score (nSPS) is 14.1. The molecule has 0 radical (unpaired) electrons. The summed E-state index contributed by atoms with van der Waals surface area (Å²) in [6.45, 7) is 6.70. The first-order valence-electron chi connectivity index (χ1n) is 4.31. The highest BCUT2D eigenvalue weighted by Crippen LogP contribution is 2.08. The van der Waals surface area contributed by atoms with E-state index in [0.717, 1.165) is 12.8 Å². The SMILES string of the molecule is CCCC(C)OC(=O)C(C)(C)O. The zero-order valence-electron chi connectivity index (χ0n) is 8.26.